The van der Waals surface area contributed by atoms with E-state index in [9.17, 15) is 49.8 Å². The van der Waals surface area contributed by atoms with E-state index in [0.717, 1.165) is 47.8 Å². The minimum absolute atomic E-state index is 0. The molecule has 0 amide bonds. The quantitative estimate of drug-likeness (QED) is 0.0693. The normalized spacial score (nSPS) is 13.6. The SMILES string of the molecule is CCOC(=O)c1cc(F)cc(C2=C(c3cc(C(F)(F)F)cnc3OCc3ccccc3)CCC2)c1.O=C(O)c1cc(F)cc(C2=C(c3cc(C(F)(F)F)cnc3OCc3ccccc3)CCC2)c1.[H-].[Na+]. The Morgan fingerprint density at radius 1 is 0.594 bits per heavy atom. The van der Waals surface area contributed by atoms with Gasteiger partial charge in [0.05, 0.1) is 28.9 Å². The second kappa shape index (κ2) is 22.8. The van der Waals surface area contributed by atoms with Gasteiger partial charge in [0, 0.05) is 23.5 Å². The van der Waals surface area contributed by atoms with Crippen molar-refractivity contribution < 1.29 is 95.0 Å². The molecule has 0 spiro atoms. The molecule has 2 heterocycles. The maximum atomic E-state index is 14.4. The summed E-state index contributed by atoms with van der Waals surface area (Å²) in [5.41, 5.74) is 3.16. The van der Waals surface area contributed by atoms with Crippen LogP contribution in [0.2, 0.25) is 0 Å². The van der Waals surface area contributed by atoms with Crippen molar-refractivity contribution in [3.8, 4) is 11.8 Å². The molecule has 8 rings (SSSR count). The standard InChI is InChI=1S/C27H23F4NO3.C25H19F4NO3.Na.H/c1-2-34-26(33)19-11-18(12-21(28)13-19)22-9-6-10-23(22)24-14-20(27(29,30)31)15-32-25(24)35-16-17-7-4-3-5-8-17;26-19-10-16(9-17(11-19)24(31)32)20-7-4-8-21(20)22-12-18(25(27,28)29)13-30-23(22)33-14-15-5-2-1-3-6-15;;/h3-5,7-8,11-15H,2,6,9-10,16H2,1H3;1-3,5-6,9-13H,4,7-8,14H2,(H,31,32);;/q;;+1;-1. The van der Waals surface area contributed by atoms with Crippen molar-refractivity contribution in [2.45, 2.75) is 71.0 Å². The molecule has 1 N–H and O–H groups in total. The van der Waals surface area contributed by atoms with Gasteiger partial charge in [-0.3, -0.25) is 0 Å². The summed E-state index contributed by atoms with van der Waals surface area (Å²) < 4.78 is 126. The summed E-state index contributed by atoms with van der Waals surface area (Å²) in [6.07, 6.45) is -4.57. The zero-order valence-corrected chi connectivity index (χ0v) is 39.3. The molecular weight excluding hydrogens is 924 g/mol. The first-order valence-electron chi connectivity index (χ1n) is 21.4. The van der Waals surface area contributed by atoms with Gasteiger partial charge in [-0.15, -0.1) is 0 Å². The Balaban J connectivity index is 0.000000254. The van der Waals surface area contributed by atoms with E-state index in [4.69, 9.17) is 14.2 Å². The number of alkyl halides is 6. The zero-order valence-electron chi connectivity index (χ0n) is 38.3. The molecule has 0 saturated carbocycles. The third kappa shape index (κ3) is 13.2. The second-order valence-electron chi connectivity index (χ2n) is 15.8. The molecular formula is C52H43F8N2NaO6. The summed E-state index contributed by atoms with van der Waals surface area (Å²) >= 11 is 0. The van der Waals surface area contributed by atoms with Crippen molar-refractivity contribution >= 4 is 34.2 Å². The fourth-order valence-corrected chi connectivity index (χ4v) is 8.03. The number of allylic oxidation sites excluding steroid dienone is 4. The van der Waals surface area contributed by atoms with E-state index >= 15 is 0 Å². The van der Waals surface area contributed by atoms with Gasteiger partial charge in [-0.1, -0.05) is 60.7 Å². The third-order valence-electron chi connectivity index (χ3n) is 11.1. The fraction of sp³-hybridized carbons (Fsp3) is 0.231. The molecule has 2 aliphatic carbocycles. The average molecular weight is 967 g/mol. The Morgan fingerprint density at radius 2 is 1.00 bits per heavy atom. The van der Waals surface area contributed by atoms with E-state index in [-0.39, 0.29) is 84.8 Å². The van der Waals surface area contributed by atoms with E-state index in [1.54, 1.807) is 6.92 Å². The molecule has 0 aliphatic heterocycles. The molecule has 0 unspecified atom stereocenters. The Hall–Kier alpha value is -6.36. The summed E-state index contributed by atoms with van der Waals surface area (Å²) in [4.78, 5) is 31.5. The Kier molecular flexibility index (Phi) is 17.2. The molecule has 2 aliphatic rings. The summed E-state index contributed by atoms with van der Waals surface area (Å²) in [5.74, 6) is -3.21. The topological polar surface area (TPSA) is 108 Å². The van der Waals surface area contributed by atoms with Crippen molar-refractivity contribution in [3.63, 3.8) is 0 Å². The summed E-state index contributed by atoms with van der Waals surface area (Å²) in [7, 11) is 0. The van der Waals surface area contributed by atoms with Gasteiger partial charge in [-0.2, -0.15) is 26.3 Å². The van der Waals surface area contributed by atoms with Crippen molar-refractivity contribution in [2.24, 2.45) is 0 Å². The summed E-state index contributed by atoms with van der Waals surface area (Å²) in [6.45, 7) is 2.02. The maximum absolute atomic E-state index is 14.4. The van der Waals surface area contributed by atoms with Crippen molar-refractivity contribution in [2.75, 3.05) is 6.61 Å². The number of ether oxygens (including phenoxy) is 3. The number of carbonyl (C=O) groups is 2. The van der Waals surface area contributed by atoms with Gasteiger partial charge in [-0.05, 0) is 139 Å². The van der Waals surface area contributed by atoms with Gasteiger partial charge >= 0.3 is 53.8 Å². The number of carbonyl (C=O) groups excluding carboxylic acids is 1. The molecule has 2 aromatic heterocycles. The minimum Gasteiger partial charge on any atom is -1.00 e. The third-order valence-corrected chi connectivity index (χ3v) is 11.1. The fourth-order valence-electron chi connectivity index (χ4n) is 8.03. The predicted octanol–water partition coefficient (Wildman–Crippen LogP) is 10.8. The number of carboxylic acids is 1. The number of aromatic nitrogens is 2. The number of aromatic carboxylic acids is 1. The van der Waals surface area contributed by atoms with Gasteiger partial charge in [0.25, 0.3) is 0 Å². The van der Waals surface area contributed by atoms with Gasteiger partial charge in [0.1, 0.15) is 24.8 Å². The molecule has 0 atom stereocenters. The number of benzene rings is 4. The first-order chi connectivity index (χ1) is 32.5. The number of halogens is 8. The van der Waals surface area contributed by atoms with Gasteiger partial charge in [0.2, 0.25) is 11.8 Å². The Labute approximate surface area is 415 Å². The minimum atomic E-state index is -4.60. The molecule has 6 aromatic rings. The van der Waals surface area contributed by atoms with E-state index in [1.165, 1.54) is 24.3 Å². The number of carboxylic acid groups (broad SMARTS) is 1. The van der Waals surface area contributed by atoms with Crippen molar-refractivity contribution in [3.05, 3.63) is 189 Å². The first-order valence-corrected chi connectivity index (χ1v) is 21.4. The first kappa shape index (κ1) is 52.0. The average Bonchev–Trinajstić information content (AvgIpc) is 4.02. The molecule has 8 nitrogen and oxygen atoms in total. The largest absolute Gasteiger partial charge is 1.00 e. The zero-order chi connectivity index (χ0) is 48.6. The molecule has 0 bridgehead atoms. The summed E-state index contributed by atoms with van der Waals surface area (Å²) in [6, 6.07) is 27.6. The van der Waals surface area contributed by atoms with Crippen molar-refractivity contribution in [1.29, 1.82) is 0 Å². The van der Waals surface area contributed by atoms with E-state index in [2.05, 4.69) is 9.97 Å². The Bertz CT molecular complexity index is 2880. The second-order valence-corrected chi connectivity index (χ2v) is 15.8. The maximum Gasteiger partial charge on any atom is 1.00 e. The molecule has 0 saturated heterocycles. The van der Waals surface area contributed by atoms with Gasteiger partial charge in [-0.25, -0.2) is 28.3 Å². The molecule has 4 aromatic carbocycles. The monoisotopic (exact) mass is 966 g/mol. The van der Waals surface area contributed by atoms with Gasteiger partial charge in [0.15, 0.2) is 0 Å². The van der Waals surface area contributed by atoms with E-state index < -0.39 is 47.1 Å². The van der Waals surface area contributed by atoms with Crippen LogP contribution in [0.15, 0.2) is 122 Å². The number of rotatable bonds is 13. The molecule has 17 heteroatoms. The van der Waals surface area contributed by atoms with Gasteiger partial charge < -0.3 is 20.7 Å². The number of hydrogen-bond donors (Lipinski definition) is 1. The van der Waals surface area contributed by atoms with E-state index in [0.29, 0.717) is 71.9 Å². The van der Waals surface area contributed by atoms with Crippen LogP contribution in [0, 0.1) is 11.6 Å². The summed E-state index contributed by atoms with van der Waals surface area (Å²) in [5, 5.41) is 9.27. The molecule has 0 radical (unpaired) electrons. The van der Waals surface area contributed by atoms with E-state index in [1.807, 2.05) is 60.7 Å². The number of hydrogen-bond acceptors (Lipinski definition) is 7. The number of nitrogens with zero attached hydrogens (tertiary/aromatic N) is 2. The van der Waals surface area contributed by atoms with Crippen LogP contribution in [0.5, 0.6) is 11.8 Å². The predicted molar refractivity (Wildman–Crippen MR) is 238 cm³/mol. The van der Waals surface area contributed by atoms with Crippen molar-refractivity contribution in [1.82, 2.24) is 9.97 Å². The van der Waals surface area contributed by atoms with Crippen LogP contribution in [0.25, 0.3) is 22.3 Å². The molecule has 354 valence electrons. The Morgan fingerprint density at radius 3 is 1.41 bits per heavy atom. The molecule has 69 heavy (non-hydrogen) atoms. The number of pyridine rings is 2. The van der Waals surface area contributed by atoms with Crippen LogP contribution in [0.4, 0.5) is 35.1 Å². The smallest absolute Gasteiger partial charge is 1.00 e. The number of esters is 1. The van der Waals surface area contributed by atoms with Crippen LogP contribution < -0.4 is 39.0 Å². The van der Waals surface area contributed by atoms with Crippen LogP contribution in [-0.2, 0) is 30.3 Å². The molecule has 0 fully saturated rings. The van der Waals surface area contributed by atoms with Crippen LogP contribution in [-0.4, -0.2) is 33.6 Å². The van der Waals surface area contributed by atoms with Crippen LogP contribution in [0.3, 0.4) is 0 Å². The van der Waals surface area contributed by atoms with Crippen LogP contribution in [0.1, 0.15) is 112 Å². The van der Waals surface area contributed by atoms with Crippen LogP contribution >= 0.6 is 0 Å².